The minimum Gasteiger partial charge on any atom is -0.397 e. The number of urea groups is 1. The van der Waals surface area contributed by atoms with Gasteiger partial charge in [0.25, 0.3) is 0 Å². The van der Waals surface area contributed by atoms with E-state index in [1.54, 1.807) is 18.2 Å². The van der Waals surface area contributed by atoms with Gasteiger partial charge in [-0.1, -0.05) is 17.7 Å². The molecule has 2 aromatic rings. The molecule has 0 saturated heterocycles. The summed E-state index contributed by atoms with van der Waals surface area (Å²) in [6.45, 7) is 0. The Morgan fingerprint density at radius 2 is 1.90 bits per heavy atom. The van der Waals surface area contributed by atoms with Crippen molar-refractivity contribution < 1.29 is 13.6 Å². The van der Waals surface area contributed by atoms with E-state index >= 15 is 0 Å². The molecule has 2 amide bonds. The Labute approximate surface area is 118 Å². The zero-order valence-corrected chi connectivity index (χ0v) is 10.8. The van der Waals surface area contributed by atoms with Crippen LogP contribution in [0.4, 0.5) is 30.6 Å². The summed E-state index contributed by atoms with van der Waals surface area (Å²) in [6.07, 6.45) is 0. The molecular weight excluding hydrogens is 288 g/mol. The summed E-state index contributed by atoms with van der Waals surface area (Å²) in [5.41, 5.74) is 5.40. The minimum atomic E-state index is -1.22. The Hall–Kier alpha value is -2.34. The monoisotopic (exact) mass is 297 g/mol. The van der Waals surface area contributed by atoms with Crippen LogP contribution in [-0.2, 0) is 0 Å². The Balaban J connectivity index is 2.15. The number of hydrogen-bond acceptors (Lipinski definition) is 2. The first-order valence-electron chi connectivity index (χ1n) is 5.54. The lowest BCUT2D eigenvalue weighted by atomic mass is 10.2. The van der Waals surface area contributed by atoms with Gasteiger partial charge in [0.05, 0.1) is 5.69 Å². The van der Waals surface area contributed by atoms with Crippen molar-refractivity contribution in [2.45, 2.75) is 0 Å². The van der Waals surface area contributed by atoms with Crippen molar-refractivity contribution in [1.29, 1.82) is 0 Å². The van der Waals surface area contributed by atoms with Crippen molar-refractivity contribution in [1.82, 2.24) is 0 Å². The fraction of sp³-hybridized carbons (Fsp3) is 0. The largest absolute Gasteiger partial charge is 0.397 e. The van der Waals surface area contributed by atoms with E-state index in [4.69, 9.17) is 17.3 Å². The van der Waals surface area contributed by atoms with E-state index in [1.165, 1.54) is 6.07 Å². The third kappa shape index (κ3) is 3.16. The number of anilines is 3. The van der Waals surface area contributed by atoms with Crippen molar-refractivity contribution in [2.24, 2.45) is 0 Å². The Bertz CT molecular complexity index is 664. The number of amides is 2. The molecule has 0 heterocycles. The number of nitrogens with one attached hydrogen (secondary N) is 2. The van der Waals surface area contributed by atoms with Gasteiger partial charge in [0, 0.05) is 10.7 Å². The molecule has 2 aromatic carbocycles. The topological polar surface area (TPSA) is 67.1 Å². The number of carbonyl (C=O) groups is 1. The average Bonchev–Trinajstić information content (AvgIpc) is 2.39. The zero-order valence-electron chi connectivity index (χ0n) is 10.1. The summed E-state index contributed by atoms with van der Waals surface area (Å²) in [7, 11) is 0. The zero-order chi connectivity index (χ0) is 14.7. The number of halogens is 3. The van der Waals surface area contributed by atoms with Gasteiger partial charge >= 0.3 is 6.03 Å². The quantitative estimate of drug-likeness (QED) is 0.737. The van der Waals surface area contributed by atoms with Gasteiger partial charge in [-0.25, -0.2) is 13.6 Å². The minimum absolute atomic E-state index is 0.0786. The second-order valence-electron chi connectivity index (χ2n) is 3.92. The molecule has 4 nitrogen and oxygen atoms in total. The summed E-state index contributed by atoms with van der Waals surface area (Å²) in [5, 5.41) is 5.01. The molecule has 20 heavy (non-hydrogen) atoms. The molecule has 0 aliphatic rings. The predicted molar refractivity (Wildman–Crippen MR) is 74.9 cm³/mol. The van der Waals surface area contributed by atoms with Crippen molar-refractivity contribution in [3.63, 3.8) is 0 Å². The molecular formula is C13H10ClF2N3O. The van der Waals surface area contributed by atoms with E-state index in [0.717, 1.165) is 12.1 Å². The third-order valence-corrected chi connectivity index (χ3v) is 2.68. The lowest BCUT2D eigenvalue weighted by molar-refractivity contribution is 0.262. The summed E-state index contributed by atoms with van der Waals surface area (Å²) in [5.74, 6) is -2.32. The number of nitrogens with two attached hydrogens (primary N) is 1. The lowest BCUT2D eigenvalue weighted by Crippen LogP contribution is -2.21. The van der Waals surface area contributed by atoms with Gasteiger partial charge in [-0.2, -0.15) is 0 Å². The van der Waals surface area contributed by atoms with E-state index in [-0.39, 0.29) is 5.69 Å². The molecule has 4 N–H and O–H groups in total. The van der Waals surface area contributed by atoms with Gasteiger partial charge in [0.1, 0.15) is 5.69 Å². The molecule has 2 rings (SSSR count). The van der Waals surface area contributed by atoms with Crippen LogP contribution in [0.5, 0.6) is 0 Å². The fourth-order valence-electron chi connectivity index (χ4n) is 1.53. The van der Waals surface area contributed by atoms with Crippen LogP contribution >= 0.6 is 11.6 Å². The maximum absolute atomic E-state index is 13.5. The van der Waals surface area contributed by atoms with E-state index in [2.05, 4.69) is 10.6 Å². The summed E-state index contributed by atoms with van der Waals surface area (Å²) in [4.78, 5) is 11.7. The van der Waals surface area contributed by atoms with Crippen LogP contribution in [0, 0.1) is 11.6 Å². The molecule has 0 aliphatic heterocycles. The first-order chi connectivity index (χ1) is 9.47. The molecule has 0 unspecified atom stereocenters. The Morgan fingerprint density at radius 1 is 1.15 bits per heavy atom. The number of benzene rings is 2. The molecule has 0 aromatic heterocycles. The van der Waals surface area contributed by atoms with Crippen LogP contribution in [0.3, 0.4) is 0 Å². The van der Waals surface area contributed by atoms with Crippen molar-refractivity contribution in [3.8, 4) is 0 Å². The summed E-state index contributed by atoms with van der Waals surface area (Å²) >= 11 is 5.76. The molecule has 7 heteroatoms. The third-order valence-electron chi connectivity index (χ3n) is 2.45. The van der Waals surface area contributed by atoms with Crippen LogP contribution in [0.25, 0.3) is 0 Å². The number of hydrogen-bond donors (Lipinski definition) is 3. The predicted octanol–water partition coefficient (Wildman–Crippen LogP) is 3.84. The second-order valence-corrected chi connectivity index (χ2v) is 4.35. The SMILES string of the molecule is Nc1ccc(F)c(F)c1NC(=O)Nc1cccc(Cl)c1. The van der Waals surface area contributed by atoms with Crippen molar-refractivity contribution in [3.05, 3.63) is 53.1 Å². The summed E-state index contributed by atoms with van der Waals surface area (Å²) in [6, 6.07) is 7.65. The molecule has 104 valence electrons. The Morgan fingerprint density at radius 3 is 2.60 bits per heavy atom. The molecule has 0 spiro atoms. The highest BCUT2D eigenvalue weighted by Crippen LogP contribution is 2.25. The van der Waals surface area contributed by atoms with Gasteiger partial charge in [-0.3, -0.25) is 0 Å². The average molecular weight is 298 g/mol. The number of rotatable bonds is 2. The molecule has 0 atom stereocenters. The van der Waals surface area contributed by atoms with Gasteiger partial charge in [-0.05, 0) is 30.3 Å². The first-order valence-corrected chi connectivity index (χ1v) is 5.92. The van der Waals surface area contributed by atoms with Crippen LogP contribution in [0.2, 0.25) is 5.02 Å². The Kier molecular flexibility index (Phi) is 4.05. The normalized spacial score (nSPS) is 10.2. The van der Waals surface area contributed by atoms with Gasteiger partial charge < -0.3 is 16.4 Å². The highest BCUT2D eigenvalue weighted by molar-refractivity contribution is 6.30. The van der Waals surface area contributed by atoms with E-state index in [1.807, 2.05) is 0 Å². The van der Waals surface area contributed by atoms with Crippen LogP contribution < -0.4 is 16.4 Å². The molecule has 0 saturated carbocycles. The van der Waals surface area contributed by atoms with Crippen LogP contribution in [-0.4, -0.2) is 6.03 Å². The standard InChI is InChI=1S/C13H10ClF2N3O/c14-7-2-1-3-8(6-7)18-13(20)19-12-10(17)5-4-9(15)11(12)16/h1-6H,17H2,(H2,18,19,20). The molecule has 0 aliphatic carbocycles. The van der Waals surface area contributed by atoms with Crippen molar-refractivity contribution >= 4 is 34.7 Å². The lowest BCUT2D eigenvalue weighted by Gasteiger charge is -2.11. The number of nitrogen functional groups attached to an aromatic ring is 1. The van der Waals surface area contributed by atoms with Gasteiger partial charge in [0.2, 0.25) is 0 Å². The van der Waals surface area contributed by atoms with E-state index in [0.29, 0.717) is 10.7 Å². The number of carbonyl (C=O) groups excluding carboxylic acids is 1. The highest BCUT2D eigenvalue weighted by Gasteiger charge is 2.14. The molecule has 0 bridgehead atoms. The highest BCUT2D eigenvalue weighted by atomic mass is 35.5. The fourth-order valence-corrected chi connectivity index (χ4v) is 1.73. The smallest absolute Gasteiger partial charge is 0.323 e. The van der Waals surface area contributed by atoms with Crippen molar-refractivity contribution in [2.75, 3.05) is 16.4 Å². The van der Waals surface area contributed by atoms with Crippen LogP contribution in [0.1, 0.15) is 0 Å². The van der Waals surface area contributed by atoms with Crippen LogP contribution in [0.15, 0.2) is 36.4 Å². The van der Waals surface area contributed by atoms with Gasteiger partial charge in [0.15, 0.2) is 11.6 Å². The van der Waals surface area contributed by atoms with E-state index in [9.17, 15) is 13.6 Å². The van der Waals surface area contributed by atoms with Gasteiger partial charge in [-0.15, -0.1) is 0 Å². The molecule has 0 radical (unpaired) electrons. The molecule has 0 fully saturated rings. The maximum Gasteiger partial charge on any atom is 0.323 e. The first kappa shape index (κ1) is 14.1. The summed E-state index contributed by atoms with van der Waals surface area (Å²) < 4.78 is 26.6. The van der Waals surface area contributed by atoms with E-state index < -0.39 is 23.4 Å². The second kappa shape index (κ2) is 5.75. The maximum atomic E-state index is 13.5.